The lowest BCUT2D eigenvalue weighted by molar-refractivity contribution is -0.133. The third kappa shape index (κ3) is 2.99. The van der Waals surface area contributed by atoms with E-state index >= 15 is 0 Å². The Kier molecular flexibility index (Phi) is 4.94. The number of nitrogens with one attached hydrogen (secondary N) is 1. The first-order valence-corrected chi connectivity index (χ1v) is 10.1. The summed E-state index contributed by atoms with van der Waals surface area (Å²) in [7, 11) is -1.14. The van der Waals surface area contributed by atoms with Crippen molar-refractivity contribution in [3.63, 3.8) is 0 Å². The van der Waals surface area contributed by atoms with E-state index in [1.165, 1.54) is 0 Å². The second-order valence-electron chi connectivity index (χ2n) is 6.86. The molecule has 1 aliphatic carbocycles. The first-order valence-electron chi connectivity index (χ1n) is 8.82. The van der Waals surface area contributed by atoms with Crippen molar-refractivity contribution in [3.8, 4) is 0 Å². The zero-order valence-electron chi connectivity index (χ0n) is 13.9. The molecule has 0 bridgehead atoms. The fourth-order valence-electron chi connectivity index (χ4n) is 4.22. The van der Waals surface area contributed by atoms with Crippen LogP contribution in [0.2, 0.25) is 0 Å². The lowest BCUT2D eigenvalue weighted by Gasteiger charge is -2.45. The molecule has 6 nitrogen and oxygen atoms in total. The van der Waals surface area contributed by atoms with Gasteiger partial charge in [-0.1, -0.05) is 19.8 Å². The maximum Gasteiger partial charge on any atom is 0.317 e. The van der Waals surface area contributed by atoms with E-state index in [1.807, 2.05) is 11.8 Å². The summed E-state index contributed by atoms with van der Waals surface area (Å²) in [5.41, 5.74) is 0. The monoisotopic (exact) mass is 341 g/mol. The van der Waals surface area contributed by atoms with E-state index in [0.717, 1.165) is 32.1 Å². The average Bonchev–Trinajstić information content (AvgIpc) is 3.13. The lowest BCUT2D eigenvalue weighted by Crippen LogP contribution is -2.59. The van der Waals surface area contributed by atoms with E-state index in [-0.39, 0.29) is 23.7 Å². The van der Waals surface area contributed by atoms with E-state index in [2.05, 4.69) is 5.32 Å². The van der Waals surface area contributed by atoms with Crippen LogP contribution in [0.25, 0.3) is 0 Å². The standard InChI is InChI=1S/C16H27N3O3S/c1-2-9-17-15(21)18-10-7-16(8-11-18)19(13-5-3-4-6-13)14(20)12-23(16)22/h13H,2-12H2,1H3,(H,17,21). The van der Waals surface area contributed by atoms with Crippen molar-refractivity contribution < 1.29 is 13.8 Å². The minimum atomic E-state index is -1.14. The van der Waals surface area contributed by atoms with Gasteiger partial charge in [-0.3, -0.25) is 9.00 Å². The molecule has 1 N–H and O–H groups in total. The van der Waals surface area contributed by atoms with Gasteiger partial charge in [0, 0.05) is 38.5 Å². The van der Waals surface area contributed by atoms with Gasteiger partial charge in [-0.15, -0.1) is 0 Å². The number of rotatable bonds is 3. The molecule has 1 spiro atoms. The number of piperidine rings is 1. The fraction of sp³-hybridized carbons (Fsp3) is 0.875. The topological polar surface area (TPSA) is 69.7 Å². The summed E-state index contributed by atoms with van der Waals surface area (Å²) in [6.07, 6.45) is 6.57. The molecule has 23 heavy (non-hydrogen) atoms. The molecule has 2 saturated heterocycles. The molecule has 2 heterocycles. The molecule has 0 aromatic carbocycles. The summed E-state index contributed by atoms with van der Waals surface area (Å²) in [4.78, 5) is 27.8. The molecule has 2 aliphatic heterocycles. The predicted molar refractivity (Wildman–Crippen MR) is 89.3 cm³/mol. The molecule has 3 amide bonds. The molecular weight excluding hydrogens is 314 g/mol. The van der Waals surface area contributed by atoms with Crippen molar-refractivity contribution in [3.05, 3.63) is 0 Å². The molecule has 1 atom stereocenters. The first-order chi connectivity index (χ1) is 11.1. The maximum absolute atomic E-state index is 12.7. The Hall–Kier alpha value is -1.11. The highest BCUT2D eigenvalue weighted by molar-refractivity contribution is 7.87. The van der Waals surface area contributed by atoms with Gasteiger partial charge in [0.05, 0.1) is 10.8 Å². The predicted octanol–water partition coefficient (Wildman–Crippen LogP) is 1.43. The van der Waals surface area contributed by atoms with E-state index in [0.29, 0.717) is 32.5 Å². The second-order valence-corrected chi connectivity index (χ2v) is 8.60. The van der Waals surface area contributed by atoms with Crippen LogP contribution in [-0.2, 0) is 15.6 Å². The zero-order chi connectivity index (χ0) is 16.4. The molecule has 0 aromatic rings. The summed E-state index contributed by atoms with van der Waals surface area (Å²) >= 11 is 0. The Morgan fingerprint density at radius 3 is 2.57 bits per heavy atom. The number of carbonyl (C=O) groups excluding carboxylic acids is 2. The molecule has 3 rings (SSSR count). The van der Waals surface area contributed by atoms with Crippen LogP contribution in [0.5, 0.6) is 0 Å². The Labute approximate surface area is 140 Å². The minimum Gasteiger partial charge on any atom is -0.338 e. The van der Waals surface area contributed by atoms with E-state index in [1.54, 1.807) is 4.90 Å². The summed E-state index contributed by atoms with van der Waals surface area (Å²) in [5.74, 6) is 0.220. The number of hydrogen-bond donors (Lipinski definition) is 1. The van der Waals surface area contributed by atoms with Crippen molar-refractivity contribution >= 4 is 22.7 Å². The molecular formula is C16H27N3O3S. The zero-order valence-corrected chi connectivity index (χ0v) is 14.7. The molecule has 3 fully saturated rings. The van der Waals surface area contributed by atoms with Crippen LogP contribution in [-0.4, -0.2) is 62.2 Å². The van der Waals surface area contributed by atoms with Crippen molar-refractivity contribution in [2.75, 3.05) is 25.4 Å². The summed E-state index contributed by atoms with van der Waals surface area (Å²) in [6.45, 7) is 3.87. The van der Waals surface area contributed by atoms with Crippen LogP contribution in [0.3, 0.4) is 0 Å². The Morgan fingerprint density at radius 2 is 1.96 bits per heavy atom. The number of likely N-dealkylation sites (tertiary alicyclic amines) is 1. The van der Waals surface area contributed by atoms with Gasteiger partial charge in [-0.05, 0) is 19.3 Å². The molecule has 0 radical (unpaired) electrons. The van der Waals surface area contributed by atoms with Crippen LogP contribution < -0.4 is 5.32 Å². The fourth-order valence-corrected chi connectivity index (χ4v) is 5.96. The molecule has 3 aliphatic rings. The maximum atomic E-state index is 12.7. The van der Waals surface area contributed by atoms with Gasteiger partial charge in [0.1, 0.15) is 10.6 Å². The van der Waals surface area contributed by atoms with Gasteiger partial charge in [0.25, 0.3) is 0 Å². The van der Waals surface area contributed by atoms with Crippen LogP contribution in [0.1, 0.15) is 51.9 Å². The summed E-state index contributed by atoms with van der Waals surface area (Å²) in [6, 6.07) is 0.221. The number of nitrogens with zero attached hydrogens (tertiary/aromatic N) is 2. The highest BCUT2D eigenvalue weighted by atomic mass is 32.2. The van der Waals surface area contributed by atoms with Crippen LogP contribution >= 0.6 is 0 Å². The highest BCUT2D eigenvalue weighted by Gasteiger charge is 2.55. The number of urea groups is 1. The molecule has 0 aromatic heterocycles. The van der Waals surface area contributed by atoms with E-state index in [9.17, 15) is 13.8 Å². The normalized spacial score (nSPS) is 27.9. The smallest absolute Gasteiger partial charge is 0.317 e. The van der Waals surface area contributed by atoms with Crippen LogP contribution in [0.4, 0.5) is 4.79 Å². The molecule has 130 valence electrons. The van der Waals surface area contributed by atoms with E-state index in [4.69, 9.17) is 0 Å². The van der Waals surface area contributed by atoms with Crippen molar-refractivity contribution in [2.45, 2.75) is 62.8 Å². The SMILES string of the molecule is CCCNC(=O)N1CCC2(CC1)N(C1CCCC1)C(=O)CS2=O. The third-order valence-electron chi connectivity index (χ3n) is 5.43. The Bertz CT molecular complexity index is 497. The summed E-state index contributed by atoms with van der Waals surface area (Å²) in [5, 5.41) is 2.90. The summed E-state index contributed by atoms with van der Waals surface area (Å²) < 4.78 is 12.7. The van der Waals surface area contributed by atoms with Gasteiger partial charge in [0.15, 0.2) is 0 Å². The highest BCUT2D eigenvalue weighted by Crippen LogP contribution is 2.42. The quantitative estimate of drug-likeness (QED) is 0.844. The van der Waals surface area contributed by atoms with Gasteiger partial charge >= 0.3 is 6.03 Å². The molecule has 1 saturated carbocycles. The van der Waals surface area contributed by atoms with Gasteiger partial charge in [0.2, 0.25) is 5.91 Å². The van der Waals surface area contributed by atoms with Gasteiger partial charge < -0.3 is 15.1 Å². The Morgan fingerprint density at radius 1 is 1.30 bits per heavy atom. The number of amides is 3. The second kappa shape index (κ2) is 6.79. The number of carbonyl (C=O) groups is 2. The van der Waals surface area contributed by atoms with Gasteiger partial charge in [-0.2, -0.15) is 0 Å². The van der Waals surface area contributed by atoms with Crippen molar-refractivity contribution in [1.82, 2.24) is 15.1 Å². The first kappa shape index (κ1) is 16.7. The average molecular weight is 341 g/mol. The largest absolute Gasteiger partial charge is 0.338 e. The van der Waals surface area contributed by atoms with Crippen LogP contribution in [0, 0.1) is 0 Å². The van der Waals surface area contributed by atoms with Crippen molar-refractivity contribution in [2.24, 2.45) is 0 Å². The Balaban J connectivity index is 1.70. The minimum absolute atomic E-state index is 0.0378. The molecule has 1 unspecified atom stereocenters. The molecule has 7 heteroatoms. The van der Waals surface area contributed by atoms with Gasteiger partial charge in [-0.25, -0.2) is 4.79 Å². The third-order valence-corrected chi connectivity index (χ3v) is 7.40. The van der Waals surface area contributed by atoms with Crippen LogP contribution in [0.15, 0.2) is 0 Å². The lowest BCUT2D eigenvalue weighted by atomic mass is 9.99. The number of hydrogen-bond acceptors (Lipinski definition) is 3. The van der Waals surface area contributed by atoms with Crippen molar-refractivity contribution in [1.29, 1.82) is 0 Å². The van der Waals surface area contributed by atoms with E-state index < -0.39 is 15.7 Å².